The molecule has 0 saturated carbocycles. The Morgan fingerprint density at radius 1 is 1.30 bits per heavy atom. The Balaban J connectivity index is 2.29. The standard InChI is InChI=1S/C15H20FNO3/c1-17(10-4-7-15(19)20-2)14(18)9-8-12-5-3-6-13(16)11-12/h3,5-6,11H,4,7-10H2,1-2H3. The van der Waals surface area contributed by atoms with E-state index in [-0.39, 0.29) is 17.7 Å². The van der Waals surface area contributed by atoms with Crippen molar-refractivity contribution in [1.29, 1.82) is 0 Å². The molecule has 0 aromatic heterocycles. The van der Waals surface area contributed by atoms with Crippen LogP contribution in [0.4, 0.5) is 4.39 Å². The predicted molar refractivity (Wildman–Crippen MR) is 73.6 cm³/mol. The zero-order valence-electron chi connectivity index (χ0n) is 11.9. The fraction of sp³-hybridized carbons (Fsp3) is 0.467. The number of hydrogen-bond acceptors (Lipinski definition) is 3. The van der Waals surface area contributed by atoms with Crippen molar-refractivity contribution in [3.8, 4) is 0 Å². The minimum Gasteiger partial charge on any atom is -0.469 e. The summed E-state index contributed by atoms with van der Waals surface area (Å²) in [4.78, 5) is 24.4. The highest BCUT2D eigenvalue weighted by molar-refractivity contribution is 5.76. The van der Waals surface area contributed by atoms with E-state index in [4.69, 9.17) is 0 Å². The van der Waals surface area contributed by atoms with Crippen LogP contribution in [0, 0.1) is 5.82 Å². The Labute approximate surface area is 118 Å². The molecule has 0 N–H and O–H groups in total. The SMILES string of the molecule is COC(=O)CCCN(C)C(=O)CCc1cccc(F)c1. The summed E-state index contributed by atoms with van der Waals surface area (Å²) < 4.78 is 17.5. The lowest BCUT2D eigenvalue weighted by Gasteiger charge is -2.16. The van der Waals surface area contributed by atoms with E-state index in [2.05, 4.69) is 4.74 Å². The maximum Gasteiger partial charge on any atom is 0.305 e. The maximum atomic E-state index is 13.0. The maximum absolute atomic E-state index is 13.0. The first kappa shape index (κ1) is 16.1. The van der Waals surface area contributed by atoms with Crippen LogP contribution < -0.4 is 0 Å². The molecule has 0 aliphatic rings. The number of aryl methyl sites for hydroxylation is 1. The molecular formula is C15H20FNO3. The fourth-order valence-electron chi connectivity index (χ4n) is 1.82. The molecule has 0 fully saturated rings. The molecular weight excluding hydrogens is 261 g/mol. The monoisotopic (exact) mass is 281 g/mol. The first-order chi connectivity index (χ1) is 9.52. The number of methoxy groups -OCH3 is 1. The van der Waals surface area contributed by atoms with Crippen LogP contribution >= 0.6 is 0 Å². The lowest BCUT2D eigenvalue weighted by Crippen LogP contribution is -2.28. The topological polar surface area (TPSA) is 46.6 Å². The average molecular weight is 281 g/mol. The summed E-state index contributed by atoms with van der Waals surface area (Å²) in [6.07, 6.45) is 1.73. The van der Waals surface area contributed by atoms with E-state index in [0.29, 0.717) is 32.2 Å². The average Bonchev–Trinajstić information content (AvgIpc) is 2.44. The van der Waals surface area contributed by atoms with Crippen LogP contribution in [0.3, 0.4) is 0 Å². The van der Waals surface area contributed by atoms with Gasteiger partial charge < -0.3 is 9.64 Å². The zero-order valence-corrected chi connectivity index (χ0v) is 11.9. The number of esters is 1. The van der Waals surface area contributed by atoms with Crippen molar-refractivity contribution in [2.45, 2.75) is 25.7 Å². The Hall–Kier alpha value is -1.91. The molecule has 0 atom stereocenters. The molecule has 110 valence electrons. The zero-order chi connectivity index (χ0) is 15.0. The molecule has 1 aromatic rings. The Morgan fingerprint density at radius 2 is 2.05 bits per heavy atom. The number of hydrogen-bond donors (Lipinski definition) is 0. The summed E-state index contributed by atoms with van der Waals surface area (Å²) in [6.45, 7) is 0.511. The molecule has 20 heavy (non-hydrogen) atoms. The van der Waals surface area contributed by atoms with Gasteiger partial charge in [-0.05, 0) is 30.5 Å². The lowest BCUT2D eigenvalue weighted by molar-refractivity contribution is -0.141. The van der Waals surface area contributed by atoms with Crippen LogP contribution in [0.25, 0.3) is 0 Å². The number of ether oxygens (including phenoxy) is 1. The van der Waals surface area contributed by atoms with Gasteiger partial charge in [-0.25, -0.2) is 4.39 Å². The largest absolute Gasteiger partial charge is 0.469 e. The van der Waals surface area contributed by atoms with Gasteiger partial charge >= 0.3 is 5.97 Å². The number of nitrogens with zero attached hydrogens (tertiary/aromatic N) is 1. The van der Waals surface area contributed by atoms with E-state index in [0.717, 1.165) is 5.56 Å². The molecule has 4 nitrogen and oxygen atoms in total. The minimum absolute atomic E-state index is 0.0147. The highest BCUT2D eigenvalue weighted by atomic mass is 19.1. The van der Waals surface area contributed by atoms with Gasteiger partial charge in [0.1, 0.15) is 5.82 Å². The third-order valence-electron chi connectivity index (χ3n) is 3.04. The molecule has 0 aliphatic carbocycles. The second-order valence-corrected chi connectivity index (χ2v) is 4.62. The number of amides is 1. The van der Waals surface area contributed by atoms with Gasteiger partial charge in [-0.15, -0.1) is 0 Å². The van der Waals surface area contributed by atoms with Gasteiger partial charge in [0.15, 0.2) is 0 Å². The van der Waals surface area contributed by atoms with Crippen molar-refractivity contribution in [2.75, 3.05) is 20.7 Å². The van der Waals surface area contributed by atoms with Crippen LogP contribution in [0.5, 0.6) is 0 Å². The van der Waals surface area contributed by atoms with Crippen molar-refractivity contribution >= 4 is 11.9 Å². The van der Waals surface area contributed by atoms with Crippen molar-refractivity contribution < 1.29 is 18.7 Å². The highest BCUT2D eigenvalue weighted by Gasteiger charge is 2.10. The summed E-state index contributed by atoms with van der Waals surface area (Å²) in [5.41, 5.74) is 0.807. The van der Waals surface area contributed by atoms with E-state index in [1.807, 2.05) is 0 Å². The van der Waals surface area contributed by atoms with Gasteiger partial charge in [0, 0.05) is 26.4 Å². The summed E-state index contributed by atoms with van der Waals surface area (Å²) in [5, 5.41) is 0. The molecule has 0 aliphatic heterocycles. The van der Waals surface area contributed by atoms with Gasteiger partial charge in [0.05, 0.1) is 7.11 Å². The quantitative estimate of drug-likeness (QED) is 0.720. The number of rotatable bonds is 7. The van der Waals surface area contributed by atoms with Crippen LogP contribution in [0.15, 0.2) is 24.3 Å². The molecule has 1 amide bonds. The number of halogens is 1. The van der Waals surface area contributed by atoms with Gasteiger partial charge in [0.25, 0.3) is 0 Å². The van der Waals surface area contributed by atoms with Crippen LogP contribution in [0.2, 0.25) is 0 Å². The van der Waals surface area contributed by atoms with Gasteiger partial charge in [-0.1, -0.05) is 12.1 Å². The van der Waals surface area contributed by atoms with E-state index in [9.17, 15) is 14.0 Å². The summed E-state index contributed by atoms with van der Waals surface area (Å²) >= 11 is 0. The van der Waals surface area contributed by atoms with Crippen LogP contribution in [0.1, 0.15) is 24.8 Å². The number of benzene rings is 1. The molecule has 1 aromatic carbocycles. The van der Waals surface area contributed by atoms with Crippen molar-refractivity contribution in [1.82, 2.24) is 4.90 Å². The molecule has 5 heteroatoms. The third kappa shape index (κ3) is 5.82. The van der Waals surface area contributed by atoms with Crippen molar-refractivity contribution in [2.24, 2.45) is 0 Å². The number of carbonyl (C=O) groups is 2. The van der Waals surface area contributed by atoms with Gasteiger partial charge in [-0.2, -0.15) is 0 Å². The molecule has 0 saturated heterocycles. The molecule has 0 bridgehead atoms. The van der Waals surface area contributed by atoms with Gasteiger partial charge in [0.2, 0.25) is 5.91 Å². The Morgan fingerprint density at radius 3 is 2.70 bits per heavy atom. The first-order valence-electron chi connectivity index (χ1n) is 6.58. The second-order valence-electron chi connectivity index (χ2n) is 4.62. The van der Waals surface area contributed by atoms with E-state index >= 15 is 0 Å². The van der Waals surface area contributed by atoms with Crippen molar-refractivity contribution in [3.05, 3.63) is 35.6 Å². The predicted octanol–water partition coefficient (Wildman–Crippen LogP) is 2.17. The second kappa shape index (κ2) is 8.30. The minimum atomic E-state index is -0.290. The Bertz CT molecular complexity index is 462. The molecule has 0 radical (unpaired) electrons. The number of carbonyl (C=O) groups excluding carboxylic acids is 2. The van der Waals surface area contributed by atoms with E-state index in [1.165, 1.54) is 19.2 Å². The van der Waals surface area contributed by atoms with Crippen LogP contribution in [-0.2, 0) is 20.7 Å². The first-order valence-corrected chi connectivity index (χ1v) is 6.58. The normalized spacial score (nSPS) is 10.2. The summed E-state index contributed by atoms with van der Waals surface area (Å²) in [5.74, 6) is -0.578. The smallest absolute Gasteiger partial charge is 0.305 e. The highest BCUT2D eigenvalue weighted by Crippen LogP contribution is 2.07. The summed E-state index contributed by atoms with van der Waals surface area (Å²) in [7, 11) is 3.04. The lowest BCUT2D eigenvalue weighted by atomic mass is 10.1. The molecule has 0 heterocycles. The fourth-order valence-corrected chi connectivity index (χ4v) is 1.82. The Kier molecular flexibility index (Phi) is 6.70. The third-order valence-corrected chi connectivity index (χ3v) is 3.04. The van der Waals surface area contributed by atoms with Gasteiger partial charge in [-0.3, -0.25) is 9.59 Å². The van der Waals surface area contributed by atoms with Crippen molar-refractivity contribution in [3.63, 3.8) is 0 Å². The molecule has 0 spiro atoms. The van der Waals surface area contributed by atoms with E-state index < -0.39 is 0 Å². The van der Waals surface area contributed by atoms with Crippen LogP contribution in [-0.4, -0.2) is 37.5 Å². The van der Waals surface area contributed by atoms with E-state index in [1.54, 1.807) is 24.1 Å². The molecule has 1 rings (SSSR count). The summed E-state index contributed by atoms with van der Waals surface area (Å²) in [6, 6.07) is 6.25. The molecule has 0 unspecified atom stereocenters.